The summed E-state index contributed by atoms with van der Waals surface area (Å²) in [6, 6.07) is 6.88. The molecule has 224 valence electrons. The lowest BCUT2D eigenvalue weighted by Gasteiger charge is -2.33. The first-order valence-electron chi connectivity index (χ1n) is 13.6. The molecule has 11 heteroatoms. The topological polar surface area (TPSA) is 133 Å². The number of carboxylic acid groups (broad SMARTS) is 2. The Kier molecular flexibility index (Phi) is 9.22. The molecule has 0 aliphatic carbocycles. The SMILES string of the molecule is COc1ccc(-n2c(C(=O)N(C)C)c(CC(C)(C)C(=O)O)c(CC(C)(C)C(=O)O)c2C(=O)N2CCN(C)CC2)cc1. The molecule has 0 bridgehead atoms. The van der Waals surface area contributed by atoms with Gasteiger partial charge in [-0.15, -0.1) is 0 Å². The maximum Gasteiger partial charge on any atom is 0.309 e. The summed E-state index contributed by atoms with van der Waals surface area (Å²) in [7, 11) is 6.68. The standard InChI is InChI=1S/C30H42N4O7/c1-29(2,27(37)38)17-21-22(18-30(3,4)28(39)40)24(26(36)33-15-13-32(7)14-16-33)34(23(21)25(35)31(5)6)19-9-11-20(41-8)12-10-19/h9-12H,13-18H2,1-8H3,(H,37,38)(H,39,40). The third-order valence-electron chi connectivity index (χ3n) is 7.71. The molecule has 1 aromatic carbocycles. The van der Waals surface area contributed by atoms with Gasteiger partial charge in [0.05, 0.1) is 17.9 Å². The summed E-state index contributed by atoms with van der Waals surface area (Å²) in [4.78, 5) is 58.2. The van der Waals surface area contributed by atoms with Gasteiger partial charge in [-0.25, -0.2) is 0 Å². The molecule has 2 heterocycles. The number of aromatic nitrogens is 1. The molecule has 11 nitrogen and oxygen atoms in total. The van der Waals surface area contributed by atoms with E-state index in [9.17, 15) is 29.4 Å². The molecule has 1 aromatic heterocycles. The van der Waals surface area contributed by atoms with E-state index in [0.717, 1.165) is 0 Å². The highest BCUT2D eigenvalue weighted by Crippen LogP contribution is 2.38. The van der Waals surface area contributed by atoms with Gasteiger partial charge in [0.2, 0.25) is 0 Å². The minimum absolute atomic E-state index is 0.0843. The number of benzene rings is 1. The first-order chi connectivity index (χ1) is 19.0. The number of piperazine rings is 1. The van der Waals surface area contributed by atoms with Gasteiger partial charge in [-0.05, 0) is 83.0 Å². The normalized spacial score (nSPS) is 14.6. The van der Waals surface area contributed by atoms with Crippen molar-refractivity contribution in [2.24, 2.45) is 10.8 Å². The number of likely N-dealkylation sites (N-methyl/N-ethyl adjacent to an activating group) is 1. The van der Waals surface area contributed by atoms with Crippen molar-refractivity contribution in [2.45, 2.75) is 40.5 Å². The van der Waals surface area contributed by atoms with E-state index >= 15 is 0 Å². The average Bonchev–Trinajstić information content (AvgIpc) is 3.20. The Hall–Kier alpha value is -3.86. The molecule has 41 heavy (non-hydrogen) atoms. The van der Waals surface area contributed by atoms with Crippen molar-refractivity contribution in [1.29, 1.82) is 0 Å². The van der Waals surface area contributed by atoms with Crippen LogP contribution in [0.5, 0.6) is 5.75 Å². The lowest BCUT2D eigenvalue weighted by atomic mass is 9.79. The van der Waals surface area contributed by atoms with Gasteiger partial charge >= 0.3 is 11.9 Å². The number of hydrogen-bond donors (Lipinski definition) is 2. The number of amides is 2. The Labute approximate surface area is 241 Å². The summed E-state index contributed by atoms with van der Waals surface area (Å²) in [5.41, 5.74) is -1.08. The van der Waals surface area contributed by atoms with Crippen LogP contribution in [0.1, 0.15) is 59.8 Å². The number of hydrogen-bond acceptors (Lipinski definition) is 6. The van der Waals surface area contributed by atoms with Crippen LogP contribution >= 0.6 is 0 Å². The molecule has 0 unspecified atom stereocenters. The summed E-state index contributed by atoms with van der Waals surface area (Å²) in [6.45, 7) is 8.46. The average molecular weight is 571 g/mol. The summed E-state index contributed by atoms with van der Waals surface area (Å²) in [5.74, 6) is -2.33. The summed E-state index contributed by atoms with van der Waals surface area (Å²) < 4.78 is 6.91. The van der Waals surface area contributed by atoms with Crippen molar-refractivity contribution in [1.82, 2.24) is 19.3 Å². The van der Waals surface area contributed by atoms with E-state index in [4.69, 9.17) is 4.74 Å². The third kappa shape index (κ3) is 6.56. The quantitative estimate of drug-likeness (QED) is 0.446. The number of aliphatic carboxylic acids is 2. The van der Waals surface area contributed by atoms with Gasteiger partial charge in [0.15, 0.2) is 0 Å². The molecule has 1 fully saturated rings. The molecule has 1 saturated heterocycles. The maximum atomic E-state index is 14.4. The largest absolute Gasteiger partial charge is 0.497 e. The van der Waals surface area contributed by atoms with Gasteiger partial charge in [-0.3, -0.25) is 19.2 Å². The van der Waals surface area contributed by atoms with Crippen molar-refractivity contribution < 1.29 is 34.1 Å². The monoisotopic (exact) mass is 570 g/mol. The summed E-state index contributed by atoms with van der Waals surface area (Å²) >= 11 is 0. The van der Waals surface area contributed by atoms with E-state index in [0.29, 0.717) is 48.7 Å². The van der Waals surface area contributed by atoms with Crippen LogP contribution in [0.2, 0.25) is 0 Å². The van der Waals surface area contributed by atoms with Crippen molar-refractivity contribution in [3.63, 3.8) is 0 Å². The van der Waals surface area contributed by atoms with Crippen LogP contribution in [0.4, 0.5) is 0 Å². The molecular formula is C30H42N4O7. The molecule has 1 aliphatic rings. The highest BCUT2D eigenvalue weighted by Gasteiger charge is 2.41. The van der Waals surface area contributed by atoms with Gasteiger partial charge in [0.25, 0.3) is 11.8 Å². The van der Waals surface area contributed by atoms with Gasteiger partial charge in [0.1, 0.15) is 17.1 Å². The van der Waals surface area contributed by atoms with E-state index in [1.165, 1.54) is 12.0 Å². The fourth-order valence-electron chi connectivity index (χ4n) is 4.89. The summed E-state index contributed by atoms with van der Waals surface area (Å²) in [6.07, 6.45) is -0.173. The number of carbonyl (C=O) groups is 4. The highest BCUT2D eigenvalue weighted by atomic mass is 16.5. The van der Waals surface area contributed by atoms with Crippen LogP contribution in [0.3, 0.4) is 0 Å². The Balaban J connectivity index is 2.49. The zero-order chi connectivity index (χ0) is 30.9. The second-order valence-electron chi connectivity index (χ2n) is 12.2. The lowest BCUT2D eigenvalue weighted by Crippen LogP contribution is -2.47. The molecule has 0 saturated carbocycles. The van der Waals surface area contributed by atoms with Crippen molar-refractivity contribution in [3.05, 3.63) is 46.8 Å². The molecule has 0 spiro atoms. The summed E-state index contributed by atoms with van der Waals surface area (Å²) in [5, 5.41) is 20.1. The van der Waals surface area contributed by atoms with Crippen LogP contribution in [0, 0.1) is 10.8 Å². The molecule has 2 amide bonds. The second-order valence-corrected chi connectivity index (χ2v) is 12.2. The number of carbonyl (C=O) groups excluding carboxylic acids is 2. The van der Waals surface area contributed by atoms with E-state index in [1.807, 2.05) is 7.05 Å². The lowest BCUT2D eigenvalue weighted by molar-refractivity contribution is -0.147. The Morgan fingerprint density at radius 2 is 1.29 bits per heavy atom. The molecule has 0 radical (unpaired) electrons. The molecule has 3 rings (SSSR count). The van der Waals surface area contributed by atoms with E-state index in [1.54, 1.807) is 75.5 Å². The Bertz CT molecular complexity index is 1320. The van der Waals surface area contributed by atoms with Crippen LogP contribution in [-0.2, 0) is 22.4 Å². The van der Waals surface area contributed by atoms with Crippen LogP contribution in [0.25, 0.3) is 5.69 Å². The second kappa shape index (κ2) is 11.9. The van der Waals surface area contributed by atoms with Gasteiger partial charge in [-0.1, -0.05) is 0 Å². The van der Waals surface area contributed by atoms with Gasteiger partial charge in [-0.2, -0.15) is 0 Å². The van der Waals surface area contributed by atoms with Crippen molar-refractivity contribution in [2.75, 3.05) is 54.4 Å². The zero-order valence-electron chi connectivity index (χ0n) is 25.3. The maximum absolute atomic E-state index is 14.4. The van der Waals surface area contributed by atoms with E-state index < -0.39 is 28.7 Å². The predicted molar refractivity (Wildman–Crippen MR) is 154 cm³/mol. The van der Waals surface area contributed by atoms with Crippen LogP contribution in [0.15, 0.2) is 24.3 Å². The van der Waals surface area contributed by atoms with Crippen LogP contribution < -0.4 is 4.74 Å². The Morgan fingerprint density at radius 3 is 1.71 bits per heavy atom. The first kappa shape index (κ1) is 31.7. The van der Waals surface area contributed by atoms with Gasteiger partial charge < -0.3 is 34.2 Å². The minimum atomic E-state index is -1.32. The smallest absolute Gasteiger partial charge is 0.309 e. The minimum Gasteiger partial charge on any atom is -0.497 e. The molecule has 1 aliphatic heterocycles. The molecule has 2 N–H and O–H groups in total. The van der Waals surface area contributed by atoms with E-state index in [-0.39, 0.29) is 30.1 Å². The number of nitrogens with zero attached hydrogens (tertiary/aromatic N) is 4. The molecular weight excluding hydrogens is 528 g/mol. The number of carboxylic acids is 2. The van der Waals surface area contributed by atoms with Crippen molar-refractivity contribution >= 4 is 23.8 Å². The predicted octanol–water partition coefficient (Wildman–Crippen LogP) is 2.88. The fourth-order valence-corrected chi connectivity index (χ4v) is 4.89. The zero-order valence-corrected chi connectivity index (χ0v) is 25.3. The number of rotatable bonds is 10. The fraction of sp³-hybridized carbons (Fsp3) is 0.533. The van der Waals surface area contributed by atoms with E-state index in [2.05, 4.69) is 4.90 Å². The molecule has 2 aromatic rings. The van der Waals surface area contributed by atoms with Crippen LogP contribution in [-0.4, -0.2) is 108 Å². The Morgan fingerprint density at radius 1 is 0.829 bits per heavy atom. The third-order valence-corrected chi connectivity index (χ3v) is 7.71. The van der Waals surface area contributed by atoms with Gasteiger partial charge in [0, 0.05) is 46.0 Å². The first-order valence-corrected chi connectivity index (χ1v) is 13.6. The highest BCUT2D eigenvalue weighted by molar-refractivity contribution is 6.02. The molecule has 0 atom stereocenters. The van der Waals surface area contributed by atoms with Crippen molar-refractivity contribution in [3.8, 4) is 11.4 Å². The number of ether oxygens (including phenoxy) is 1. The number of methoxy groups -OCH3 is 1.